The molecule has 0 radical (unpaired) electrons. The molecule has 2 heterocycles. The molecule has 0 aliphatic heterocycles. The zero-order valence-corrected chi connectivity index (χ0v) is 15.7. The molecule has 0 unspecified atom stereocenters. The Morgan fingerprint density at radius 1 is 1.31 bits per heavy atom. The number of carbonyl (C=O) groups is 1. The van der Waals surface area contributed by atoms with E-state index in [1.807, 2.05) is 48.9 Å². The van der Waals surface area contributed by atoms with E-state index >= 15 is 0 Å². The van der Waals surface area contributed by atoms with Gasteiger partial charge < -0.3 is 10.1 Å². The minimum atomic E-state index is -0.0964. The molecule has 0 fully saturated rings. The maximum Gasteiger partial charge on any atom is 0.227 e. The summed E-state index contributed by atoms with van der Waals surface area (Å²) in [6, 6.07) is 10.0. The first kappa shape index (κ1) is 18.3. The number of para-hydroxylation sites is 1. The van der Waals surface area contributed by atoms with Crippen molar-refractivity contribution in [2.24, 2.45) is 0 Å². The maximum absolute atomic E-state index is 12.3. The van der Waals surface area contributed by atoms with Crippen LogP contribution in [0.25, 0.3) is 21.9 Å². The highest BCUT2D eigenvalue weighted by molar-refractivity contribution is 6.02. The van der Waals surface area contributed by atoms with Crippen molar-refractivity contribution in [3.05, 3.63) is 30.3 Å². The molecule has 0 atom stereocenters. The number of hydrogen-bond acceptors (Lipinski definition) is 4. The van der Waals surface area contributed by atoms with Crippen LogP contribution in [0.5, 0.6) is 0 Å². The van der Waals surface area contributed by atoms with E-state index in [0.29, 0.717) is 18.8 Å². The number of aromatic nitrogens is 3. The summed E-state index contributed by atoms with van der Waals surface area (Å²) >= 11 is 0. The molecule has 26 heavy (non-hydrogen) atoms. The van der Waals surface area contributed by atoms with Crippen LogP contribution < -0.4 is 5.32 Å². The first-order valence-electron chi connectivity index (χ1n) is 9.26. The van der Waals surface area contributed by atoms with Crippen molar-refractivity contribution in [2.75, 3.05) is 11.9 Å². The summed E-state index contributed by atoms with van der Waals surface area (Å²) < 4.78 is 7.35. The second-order valence-corrected chi connectivity index (χ2v) is 6.70. The van der Waals surface area contributed by atoms with Crippen LogP contribution in [0.3, 0.4) is 0 Å². The normalized spacial score (nSPS) is 11.5. The van der Waals surface area contributed by atoms with Crippen LogP contribution in [-0.2, 0) is 16.1 Å². The minimum absolute atomic E-state index is 0.0964. The summed E-state index contributed by atoms with van der Waals surface area (Å²) in [7, 11) is 0. The van der Waals surface area contributed by atoms with Gasteiger partial charge in [0.25, 0.3) is 0 Å². The van der Waals surface area contributed by atoms with Crippen molar-refractivity contribution < 1.29 is 9.53 Å². The van der Waals surface area contributed by atoms with Crippen molar-refractivity contribution in [3.63, 3.8) is 0 Å². The Morgan fingerprint density at radius 2 is 2.12 bits per heavy atom. The quantitative estimate of drug-likeness (QED) is 0.660. The Balaban J connectivity index is 1.90. The average Bonchev–Trinajstić information content (AvgIpc) is 2.94. The van der Waals surface area contributed by atoms with Crippen LogP contribution in [0.2, 0.25) is 0 Å². The molecule has 6 nitrogen and oxygen atoms in total. The van der Waals surface area contributed by atoms with Gasteiger partial charge in [-0.25, -0.2) is 9.67 Å². The lowest BCUT2D eigenvalue weighted by Crippen LogP contribution is -2.16. The van der Waals surface area contributed by atoms with Crippen molar-refractivity contribution in [1.82, 2.24) is 14.8 Å². The van der Waals surface area contributed by atoms with Crippen molar-refractivity contribution in [1.29, 1.82) is 0 Å². The summed E-state index contributed by atoms with van der Waals surface area (Å²) in [6.07, 6.45) is 2.51. The highest BCUT2D eigenvalue weighted by Crippen LogP contribution is 2.26. The third-order valence-electron chi connectivity index (χ3n) is 4.19. The van der Waals surface area contributed by atoms with Crippen LogP contribution in [0.4, 0.5) is 5.82 Å². The largest absolute Gasteiger partial charge is 0.378 e. The standard InChI is InChI=1S/C20H26N4O2/c1-4-5-11-24-20-16(13-15-8-6-7-9-17(15)21-20)19(23-24)22-18(25)10-12-26-14(2)3/h6-9,13-14H,4-5,10-12H2,1-3H3,(H,22,23,25). The second kappa shape index (κ2) is 8.27. The van der Waals surface area contributed by atoms with Crippen molar-refractivity contribution in [3.8, 4) is 0 Å². The van der Waals surface area contributed by atoms with Gasteiger partial charge in [0.15, 0.2) is 11.5 Å². The number of carbonyl (C=O) groups excluding carboxylic acids is 1. The summed E-state index contributed by atoms with van der Waals surface area (Å²) in [4.78, 5) is 17.0. The number of pyridine rings is 1. The summed E-state index contributed by atoms with van der Waals surface area (Å²) in [5, 5.41) is 9.45. The number of nitrogens with one attached hydrogen (secondary N) is 1. The number of fused-ring (bicyclic) bond motifs is 2. The molecule has 0 saturated carbocycles. The van der Waals surface area contributed by atoms with E-state index in [0.717, 1.165) is 41.3 Å². The van der Waals surface area contributed by atoms with E-state index in [2.05, 4.69) is 17.3 Å². The molecule has 0 aliphatic carbocycles. The molecule has 0 spiro atoms. The lowest BCUT2D eigenvalue weighted by atomic mass is 10.2. The van der Waals surface area contributed by atoms with Crippen LogP contribution in [0.15, 0.2) is 30.3 Å². The fraction of sp³-hybridized carbons (Fsp3) is 0.450. The van der Waals surface area contributed by atoms with Crippen LogP contribution in [0, 0.1) is 0 Å². The number of ether oxygens (including phenoxy) is 1. The van der Waals surface area contributed by atoms with Crippen LogP contribution in [-0.4, -0.2) is 33.4 Å². The van der Waals surface area contributed by atoms with E-state index < -0.39 is 0 Å². The van der Waals surface area contributed by atoms with E-state index in [1.54, 1.807) is 0 Å². The molecular formula is C20H26N4O2. The van der Waals surface area contributed by atoms with Gasteiger partial charge in [0.2, 0.25) is 5.91 Å². The van der Waals surface area contributed by atoms with Gasteiger partial charge in [-0.3, -0.25) is 4.79 Å². The van der Waals surface area contributed by atoms with E-state index in [-0.39, 0.29) is 12.0 Å². The lowest BCUT2D eigenvalue weighted by Gasteiger charge is -2.07. The molecule has 0 aliphatic rings. The van der Waals surface area contributed by atoms with Crippen LogP contribution in [0.1, 0.15) is 40.0 Å². The van der Waals surface area contributed by atoms with Gasteiger partial charge in [-0.15, -0.1) is 0 Å². The Bertz CT molecular complexity index is 901. The predicted octanol–water partition coefficient (Wildman–Crippen LogP) is 4.14. The topological polar surface area (TPSA) is 69.0 Å². The third-order valence-corrected chi connectivity index (χ3v) is 4.19. The molecular weight excluding hydrogens is 328 g/mol. The molecule has 1 amide bonds. The molecule has 3 aromatic rings. The Morgan fingerprint density at radius 3 is 2.88 bits per heavy atom. The fourth-order valence-corrected chi connectivity index (χ4v) is 2.84. The summed E-state index contributed by atoms with van der Waals surface area (Å²) in [6.45, 7) is 7.24. The van der Waals surface area contributed by atoms with E-state index in [1.165, 1.54) is 0 Å². The highest BCUT2D eigenvalue weighted by Gasteiger charge is 2.15. The molecule has 1 aromatic carbocycles. The molecule has 3 rings (SSSR count). The molecule has 0 bridgehead atoms. The van der Waals surface area contributed by atoms with Gasteiger partial charge in [0.1, 0.15) is 0 Å². The van der Waals surface area contributed by atoms with Crippen molar-refractivity contribution >= 4 is 33.7 Å². The zero-order valence-electron chi connectivity index (χ0n) is 15.7. The van der Waals surface area contributed by atoms with Crippen LogP contribution >= 0.6 is 0 Å². The number of amides is 1. The van der Waals surface area contributed by atoms with Crippen molar-refractivity contribution in [2.45, 2.75) is 52.7 Å². The predicted molar refractivity (Wildman–Crippen MR) is 104 cm³/mol. The maximum atomic E-state index is 12.3. The SMILES string of the molecule is CCCCn1nc(NC(=O)CCOC(C)C)c2cc3ccccc3nc21. The highest BCUT2D eigenvalue weighted by atomic mass is 16.5. The first-order valence-corrected chi connectivity index (χ1v) is 9.26. The zero-order chi connectivity index (χ0) is 18.5. The van der Waals surface area contributed by atoms with Gasteiger partial charge in [0, 0.05) is 11.9 Å². The molecule has 1 N–H and O–H groups in total. The Hall–Kier alpha value is -2.47. The first-order chi connectivity index (χ1) is 12.6. The number of nitrogens with zero attached hydrogens (tertiary/aromatic N) is 3. The average molecular weight is 354 g/mol. The number of aryl methyl sites for hydroxylation is 1. The van der Waals surface area contributed by atoms with E-state index in [4.69, 9.17) is 9.72 Å². The monoisotopic (exact) mass is 354 g/mol. The number of benzene rings is 1. The van der Waals surface area contributed by atoms with Gasteiger partial charge in [-0.05, 0) is 32.4 Å². The molecule has 2 aromatic heterocycles. The molecule has 138 valence electrons. The van der Waals surface area contributed by atoms with Gasteiger partial charge in [-0.1, -0.05) is 31.5 Å². The fourth-order valence-electron chi connectivity index (χ4n) is 2.84. The van der Waals surface area contributed by atoms with Gasteiger partial charge in [-0.2, -0.15) is 5.10 Å². The number of rotatable bonds is 8. The summed E-state index contributed by atoms with van der Waals surface area (Å²) in [5.41, 5.74) is 1.74. The minimum Gasteiger partial charge on any atom is -0.378 e. The molecule has 0 saturated heterocycles. The Labute approximate surface area is 153 Å². The second-order valence-electron chi connectivity index (χ2n) is 6.70. The number of hydrogen-bond donors (Lipinski definition) is 1. The number of unbranched alkanes of at least 4 members (excludes halogenated alkanes) is 1. The van der Waals surface area contributed by atoms with Gasteiger partial charge in [0.05, 0.1) is 30.0 Å². The lowest BCUT2D eigenvalue weighted by molar-refractivity contribution is -0.117. The molecule has 6 heteroatoms. The van der Waals surface area contributed by atoms with E-state index in [9.17, 15) is 4.79 Å². The third kappa shape index (κ3) is 4.19. The summed E-state index contributed by atoms with van der Waals surface area (Å²) in [5.74, 6) is 0.477. The smallest absolute Gasteiger partial charge is 0.227 e. The Kier molecular flexibility index (Phi) is 5.83. The van der Waals surface area contributed by atoms with Gasteiger partial charge >= 0.3 is 0 Å². The number of anilines is 1.